The molecule has 0 aliphatic heterocycles. The summed E-state index contributed by atoms with van der Waals surface area (Å²) in [5.74, 6) is -2.24. The zero-order valence-electron chi connectivity index (χ0n) is 11.8. The van der Waals surface area contributed by atoms with Crippen LogP contribution in [0.25, 0.3) is 0 Å². The van der Waals surface area contributed by atoms with Gasteiger partial charge in [0.1, 0.15) is 12.4 Å². The van der Waals surface area contributed by atoms with Gasteiger partial charge in [-0.3, -0.25) is 5.32 Å². The van der Waals surface area contributed by atoms with Gasteiger partial charge in [-0.1, -0.05) is 30.3 Å². The van der Waals surface area contributed by atoms with Crippen molar-refractivity contribution in [3.8, 4) is 0 Å². The third-order valence-corrected chi connectivity index (χ3v) is 3.07. The molecule has 0 aromatic heterocycles. The SMILES string of the molecule is Cc1c(NC(=O)OCc2ccccc2)ccc(C(=O)O)c1F. The Balaban J connectivity index is 2.03. The number of benzene rings is 2. The molecule has 22 heavy (non-hydrogen) atoms. The van der Waals surface area contributed by atoms with Crippen LogP contribution in [0.5, 0.6) is 0 Å². The quantitative estimate of drug-likeness (QED) is 0.905. The molecule has 0 spiro atoms. The molecule has 0 atom stereocenters. The van der Waals surface area contributed by atoms with Gasteiger partial charge in [0.05, 0.1) is 5.56 Å². The standard InChI is InChI=1S/C16H14FNO4/c1-10-13(8-7-12(14(10)17)15(19)20)18-16(21)22-9-11-5-3-2-4-6-11/h2-8H,9H2,1H3,(H,18,21)(H,19,20). The maximum absolute atomic E-state index is 13.8. The van der Waals surface area contributed by atoms with Gasteiger partial charge in [-0.25, -0.2) is 14.0 Å². The molecule has 5 nitrogen and oxygen atoms in total. The molecule has 0 saturated heterocycles. The van der Waals surface area contributed by atoms with E-state index >= 15 is 0 Å². The average molecular weight is 303 g/mol. The van der Waals surface area contributed by atoms with Gasteiger partial charge in [-0.15, -0.1) is 0 Å². The number of nitrogens with one attached hydrogen (secondary N) is 1. The molecule has 0 unspecified atom stereocenters. The van der Waals surface area contributed by atoms with Crippen LogP contribution in [-0.4, -0.2) is 17.2 Å². The first kappa shape index (κ1) is 15.5. The predicted molar refractivity (Wildman–Crippen MR) is 78.3 cm³/mol. The van der Waals surface area contributed by atoms with Gasteiger partial charge in [0, 0.05) is 11.3 Å². The van der Waals surface area contributed by atoms with E-state index in [4.69, 9.17) is 9.84 Å². The smallest absolute Gasteiger partial charge is 0.411 e. The van der Waals surface area contributed by atoms with Crippen LogP contribution in [0.4, 0.5) is 14.9 Å². The van der Waals surface area contributed by atoms with Crippen LogP contribution >= 0.6 is 0 Å². The van der Waals surface area contributed by atoms with Crippen molar-refractivity contribution in [1.82, 2.24) is 0 Å². The molecular weight excluding hydrogens is 289 g/mol. The largest absolute Gasteiger partial charge is 0.478 e. The predicted octanol–water partition coefficient (Wildman–Crippen LogP) is 3.58. The lowest BCUT2D eigenvalue weighted by Gasteiger charge is -2.11. The molecule has 6 heteroatoms. The van der Waals surface area contributed by atoms with Gasteiger partial charge in [-0.2, -0.15) is 0 Å². The fraction of sp³-hybridized carbons (Fsp3) is 0.125. The minimum atomic E-state index is -1.36. The number of carbonyl (C=O) groups is 2. The van der Waals surface area contributed by atoms with Crippen LogP contribution in [-0.2, 0) is 11.3 Å². The van der Waals surface area contributed by atoms with Crippen molar-refractivity contribution in [2.75, 3.05) is 5.32 Å². The molecule has 2 rings (SSSR count). The summed E-state index contributed by atoms with van der Waals surface area (Å²) in [7, 11) is 0. The van der Waals surface area contributed by atoms with E-state index in [1.54, 1.807) is 12.1 Å². The molecular formula is C16H14FNO4. The normalized spacial score (nSPS) is 10.1. The highest BCUT2D eigenvalue weighted by Crippen LogP contribution is 2.21. The second-order valence-corrected chi connectivity index (χ2v) is 4.59. The van der Waals surface area contributed by atoms with Crippen molar-refractivity contribution < 1.29 is 23.8 Å². The highest BCUT2D eigenvalue weighted by Gasteiger charge is 2.16. The fourth-order valence-electron chi connectivity index (χ4n) is 1.85. The fourth-order valence-corrected chi connectivity index (χ4v) is 1.85. The third-order valence-electron chi connectivity index (χ3n) is 3.07. The maximum atomic E-state index is 13.8. The van der Waals surface area contributed by atoms with E-state index in [1.807, 2.05) is 18.2 Å². The first-order valence-corrected chi connectivity index (χ1v) is 6.49. The molecule has 0 radical (unpaired) electrons. The second kappa shape index (κ2) is 6.71. The van der Waals surface area contributed by atoms with Crippen LogP contribution in [0, 0.1) is 12.7 Å². The van der Waals surface area contributed by atoms with Gasteiger partial charge in [0.15, 0.2) is 0 Å². The topological polar surface area (TPSA) is 75.6 Å². The highest BCUT2D eigenvalue weighted by atomic mass is 19.1. The Bertz CT molecular complexity index is 701. The monoisotopic (exact) mass is 303 g/mol. The van der Waals surface area contributed by atoms with E-state index < -0.39 is 23.4 Å². The Morgan fingerprint density at radius 1 is 1.18 bits per heavy atom. The lowest BCUT2D eigenvalue weighted by molar-refractivity contribution is 0.0691. The van der Waals surface area contributed by atoms with Gasteiger partial charge in [0.2, 0.25) is 0 Å². The van der Waals surface area contributed by atoms with Crippen LogP contribution < -0.4 is 5.32 Å². The van der Waals surface area contributed by atoms with Crippen molar-refractivity contribution in [2.24, 2.45) is 0 Å². The average Bonchev–Trinajstić information content (AvgIpc) is 2.50. The molecule has 0 aliphatic carbocycles. The molecule has 2 aromatic rings. The molecule has 0 fully saturated rings. The van der Waals surface area contributed by atoms with E-state index in [-0.39, 0.29) is 17.9 Å². The molecule has 114 valence electrons. The highest BCUT2D eigenvalue weighted by molar-refractivity contribution is 5.91. The summed E-state index contributed by atoms with van der Waals surface area (Å²) in [4.78, 5) is 22.5. The number of anilines is 1. The number of carboxylic acids is 1. The van der Waals surface area contributed by atoms with E-state index in [2.05, 4.69) is 5.32 Å². The van der Waals surface area contributed by atoms with Crippen molar-refractivity contribution in [2.45, 2.75) is 13.5 Å². The third kappa shape index (κ3) is 3.60. The Morgan fingerprint density at radius 3 is 2.50 bits per heavy atom. The number of carbonyl (C=O) groups excluding carboxylic acids is 1. The molecule has 1 amide bonds. The number of halogens is 1. The summed E-state index contributed by atoms with van der Waals surface area (Å²) in [6.45, 7) is 1.47. The molecule has 0 saturated carbocycles. The van der Waals surface area contributed by atoms with E-state index in [1.165, 1.54) is 13.0 Å². The Labute approximate surface area is 126 Å². The number of ether oxygens (including phenoxy) is 1. The second-order valence-electron chi connectivity index (χ2n) is 4.59. The Kier molecular flexibility index (Phi) is 4.73. The lowest BCUT2D eigenvalue weighted by Crippen LogP contribution is -2.15. The Morgan fingerprint density at radius 2 is 1.86 bits per heavy atom. The molecule has 0 heterocycles. The molecule has 2 aromatic carbocycles. The number of rotatable bonds is 4. The van der Waals surface area contributed by atoms with E-state index in [0.29, 0.717) is 0 Å². The zero-order chi connectivity index (χ0) is 16.1. The van der Waals surface area contributed by atoms with Crippen molar-refractivity contribution >= 4 is 17.7 Å². The van der Waals surface area contributed by atoms with Crippen molar-refractivity contribution in [3.05, 3.63) is 65.0 Å². The summed E-state index contributed by atoms with van der Waals surface area (Å²) in [6.07, 6.45) is -0.741. The first-order chi connectivity index (χ1) is 10.5. The number of carboxylic acid groups (broad SMARTS) is 1. The van der Waals surface area contributed by atoms with Crippen molar-refractivity contribution in [1.29, 1.82) is 0 Å². The zero-order valence-corrected chi connectivity index (χ0v) is 11.8. The van der Waals surface area contributed by atoms with Gasteiger partial charge >= 0.3 is 12.1 Å². The molecule has 2 N–H and O–H groups in total. The van der Waals surface area contributed by atoms with Gasteiger partial charge in [-0.05, 0) is 24.6 Å². The molecule has 0 aliphatic rings. The van der Waals surface area contributed by atoms with Crippen LogP contribution in [0.15, 0.2) is 42.5 Å². The number of aromatic carboxylic acids is 1. The first-order valence-electron chi connectivity index (χ1n) is 6.49. The maximum Gasteiger partial charge on any atom is 0.411 e. The molecule has 0 bridgehead atoms. The minimum absolute atomic E-state index is 0.0385. The van der Waals surface area contributed by atoms with Crippen molar-refractivity contribution in [3.63, 3.8) is 0 Å². The summed E-state index contributed by atoms with van der Waals surface area (Å²) in [5, 5.41) is 11.2. The van der Waals surface area contributed by atoms with Gasteiger partial charge < -0.3 is 9.84 Å². The summed E-state index contributed by atoms with van der Waals surface area (Å²) in [5.41, 5.74) is 0.583. The van der Waals surface area contributed by atoms with Gasteiger partial charge in [0.25, 0.3) is 0 Å². The number of hydrogen-bond acceptors (Lipinski definition) is 3. The Hall–Kier alpha value is -2.89. The summed E-state index contributed by atoms with van der Waals surface area (Å²) >= 11 is 0. The number of hydrogen-bond donors (Lipinski definition) is 2. The van der Waals surface area contributed by atoms with Crippen LogP contribution in [0.3, 0.4) is 0 Å². The lowest BCUT2D eigenvalue weighted by atomic mass is 10.1. The van der Waals surface area contributed by atoms with E-state index in [9.17, 15) is 14.0 Å². The van der Waals surface area contributed by atoms with E-state index in [0.717, 1.165) is 11.6 Å². The summed E-state index contributed by atoms with van der Waals surface area (Å²) in [6, 6.07) is 11.5. The van der Waals surface area contributed by atoms with Crippen LogP contribution in [0.1, 0.15) is 21.5 Å². The number of amides is 1. The minimum Gasteiger partial charge on any atom is -0.478 e. The van der Waals surface area contributed by atoms with Crippen LogP contribution in [0.2, 0.25) is 0 Å². The summed E-state index contributed by atoms with van der Waals surface area (Å²) < 4.78 is 18.9.